The SMILES string of the molecule is CC(C)=C/C(=C\C(C)=C(/Br)C=N)c1ccccc1O. The smallest absolute Gasteiger partial charge is 0.123 e. The van der Waals surface area contributed by atoms with Gasteiger partial charge in [0.15, 0.2) is 0 Å². The molecular formula is C16H18BrNO. The van der Waals surface area contributed by atoms with Crippen LogP contribution in [0.2, 0.25) is 0 Å². The van der Waals surface area contributed by atoms with Crippen molar-refractivity contribution in [2.75, 3.05) is 0 Å². The molecule has 0 aliphatic carbocycles. The lowest BCUT2D eigenvalue weighted by Crippen LogP contribution is -1.86. The second kappa shape index (κ2) is 7.10. The number of hydrogen-bond donors (Lipinski definition) is 2. The van der Waals surface area contributed by atoms with Gasteiger partial charge in [-0.15, -0.1) is 0 Å². The Morgan fingerprint density at radius 1 is 1.16 bits per heavy atom. The van der Waals surface area contributed by atoms with Crippen LogP contribution < -0.4 is 0 Å². The lowest BCUT2D eigenvalue weighted by molar-refractivity contribution is 0.473. The maximum atomic E-state index is 9.96. The molecule has 0 heterocycles. The Morgan fingerprint density at radius 2 is 1.79 bits per heavy atom. The molecule has 0 radical (unpaired) electrons. The van der Waals surface area contributed by atoms with E-state index in [1.165, 1.54) is 6.21 Å². The minimum atomic E-state index is 0.255. The number of rotatable bonds is 4. The molecule has 0 aromatic heterocycles. The molecule has 0 atom stereocenters. The summed E-state index contributed by atoms with van der Waals surface area (Å²) >= 11 is 3.34. The van der Waals surface area contributed by atoms with Crippen molar-refractivity contribution in [2.45, 2.75) is 20.8 Å². The Bertz CT molecular complexity index is 564. The molecule has 1 rings (SSSR count). The van der Waals surface area contributed by atoms with E-state index in [-0.39, 0.29) is 5.75 Å². The summed E-state index contributed by atoms with van der Waals surface area (Å²) in [6.07, 6.45) is 5.23. The summed E-state index contributed by atoms with van der Waals surface area (Å²) in [6.45, 7) is 5.95. The van der Waals surface area contributed by atoms with Crippen LogP contribution in [0.25, 0.3) is 5.57 Å². The zero-order valence-corrected chi connectivity index (χ0v) is 13.0. The first kappa shape index (κ1) is 15.4. The highest BCUT2D eigenvalue weighted by atomic mass is 79.9. The summed E-state index contributed by atoms with van der Waals surface area (Å²) in [5.74, 6) is 0.255. The van der Waals surface area contributed by atoms with Crippen molar-refractivity contribution in [3.8, 4) is 5.75 Å². The number of para-hydroxylation sites is 1. The van der Waals surface area contributed by atoms with Crippen molar-refractivity contribution >= 4 is 27.7 Å². The molecule has 1 aromatic rings. The third-order valence-electron chi connectivity index (χ3n) is 2.53. The number of phenols is 1. The predicted molar refractivity (Wildman–Crippen MR) is 85.9 cm³/mol. The number of benzene rings is 1. The molecule has 0 amide bonds. The largest absolute Gasteiger partial charge is 0.507 e. The molecular weight excluding hydrogens is 302 g/mol. The van der Waals surface area contributed by atoms with Crippen molar-refractivity contribution in [1.82, 2.24) is 0 Å². The normalized spacial score (nSPS) is 12.7. The fourth-order valence-electron chi connectivity index (χ4n) is 1.64. The van der Waals surface area contributed by atoms with E-state index in [9.17, 15) is 5.11 Å². The lowest BCUT2D eigenvalue weighted by atomic mass is 10.00. The van der Waals surface area contributed by atoms with Gasteiger partial charge in [0, 0.05) is 16.3 Å². The van der Waals surface area contributed by atoms with Crippen molar-refractivity contribution in [1.29, 1.82) is 5.41 Å². The Kier molecular flexibility index (Phi) is 5.77. The Balaban J connectivity index is 3.40. The van der Waals surface area contributed by atoms with Gasteiger partial charge in [-0.2, -0.15) is 0 Å². The highest BCUT2D eigenvalue weighted by Gasteiger charge is 2.05. The summed E-state index contributed by atoms with van der Waals surface area (Å²) in [6, 6.07) is 7.25. The zero-order chi connectivity index (χ0) is 14.4. The number of halogens is 1. The van der Waals surface area contributed by atoms with E-state index in [4.69, 9.17) is 5.41 Å². The number of nitrogens with one attached hydrogen (secondary N) is 1. The van der Waals surface area contributed by atoms with E-state index in [1.807, 2.05) is 45.1 Å². The Hall–Kier alpha value is -1.61. The average molecular weight is 320 g/mol. The molecule has 0 bridgehead atoms. The molecule has 0 fully saturated rings. The first-order valence-electron chi connectivity index (χ1n) is 5.97. The summed E-state index contributed by atoms with van der Waals surface area (Å²) < 4.78 is 0.725. The summed E-state index contributed by atoms with van der Waals surface area (Å²) in [7, 11) is 0. The van der Waals surface area contributed by atoms with Gasteiger partial charge in [0.25, 0.3) is 0 Å². The van der Waals surface area contributed by atoms with Crippen LogP contribution in [-0.4, -0.2) is 11.3 Å². The Morgan fingerprint density at radius 3 is 2.32 bits per heavy atom. The fourth-order valence-corrected chi connectivity index (χ4v) is 1.76. The number of phenolic OH excluding ortho intramolecular Hbond substituents is 1. The highest BCUT2D eigenvalue weighted by Crippen LogP contribution is 2.28. The molecule has 0 unspecified atom stereocenters. The molecule has 1 aromatic carbocycles. The lowest BCUT2D eigenvalue weighted by Gasteiger charge is -2.07. The van der Waals surface area contributed by atoms with Crippen molar-refractivity contribution in [2.24, 2.45) is 0 Å². The van der Waals surface area contributed by atoms with Gasteiger partial charge in [0.1, 0.15) is 5.75 Å². The van der Waals surface area contributed by atoms with Gasteiger partial charge in [-0.25, -0.2) is 0 Å². The third-order valence-corrected chi connectivity index (χ3v) is 3.39. The minimum Gasteiger partial charge on any atom is -0.507 e. The minimum absolute atomic E-state index is 0.255. The van der Waals surface area contributed by atoms with Crippen LogP contribution in [-0.2, 0) is 0 Å². The van der Waals surface area contributed by atoms with Crippen LogP contribution in [0, 0.1) is 5.41 Å². The molecule has 3 heteroatoms. The topological polar surface area (TPSA) is 44.1 Å². The van der Waals surface area contributed by atoms with E-state index in [2.05, 4.69) is 15.9 Å². The van der Waals surface area contributed by atoms with Gasteiger partial charge in [-0.1, -0.05) is 35.9 Å². The molecule has 100 valence electrons. The first-order chi connectivity index (χ1) is 8.95. The van der Waals surface area contributed by atoms with Crippen molar-refractivity contribution in [3.05, 3.63) is 57.6 Å². The van der Waals surface area contributed by atoms with E-state index in [0.29, 0.717) is 0 Å². The van der Waals surface area contributed by atoms with Gasteiger partial charge in [-0.3, -0.25) is 0 Å². The van der Waals surface area contributed by atoms with Crippen molar-refractivity contribution < 1.29 is 5.11 Å². The number of hydrogen-bond acceptors (Lipinski definition) is 2. The summed E-state index contributed by atoms with van der Waals surface area (Å²) in [5, 5.41) is 17.2. The average Bonchev–Trinajstić information content (AvgIpc) is 2.37. The molecule has 2 nitrogen and oxygen atoms in total. The second-order valence-corrected chi connectivity index (χ2v) is 5.37. The van der Waals surface area contributed by atoms with Crippen LogP contribution >= 0.6 is 15.9 Å². The maximum Gasteiger partial charge on any atom is 0.123 e. The molecule has 0 aliphatic heterocycles. The van der Waals surface area contributed by atoms with Gasteiger partial charge < -0.3 is 10.5 Å². The first-order valence-corrected chi connectivity index (χ1v) is 6.76. The molecule has 19 heavy (non-hydrogen) atoms. The van der Waals surface area contributed by atoms with Gasteiger partial charge in [0.05, 0.1) is 0 Å². The molecule has 2 N–H and O–H groups in total. The van der Waals surface area contributed by atoms with Crippen LogP contribution in [0.5, 0.6) is 5.75 Å². The molecule has 0 aliphatic rings. The van der Waals surface area contributed by atoms with E-state index < -0.39 is 0 Å². The molecule has 0 spiro atoms. The molecule has 0 saturated carbocycles. The monoisotopic (exact) mass is 319 g/mol. The van der Waals surface area contributed by atoms with Crippen LogP contribution in [0.1, 0.15) is 26.3 Å². The van der Waals surface area contributed by atoms with E-state index >= 15 is 0 Å². The maximum absolute atomic E-state index is 9.96. The van der Waals surface area contributed by atoms with E-state index in [0.717, 1.165) is 26.8 Å². The van der Waals surface area contributed by atoms with Gasteiger partial charge in [0.2, 0.25) is 0 Å². The standard InChI is InChI=1S/C16H18BrNO/c1-11(2)8-13(9-12(3)15(17)10-18)14-6-4-5-7-16(14)19/h4-10,18-19H,1-3H3/b13-9+,15-12-,18-10?. The number of allylic oxidation sites excluding steroid dienone is 6. The van der Waals surface area contributed by atoms with Crippen LogP contribution in [0.15, 0.2) is 52.0 Å². The van der Waals surface area contributed by atoms with E-state index in [1.54, 1.807) is 12.1 Å². The predicted octanol–water partition coefficient (Wildman–Crippen LogP) is 5.06. The third kappa shape index (κ3) is 4.52. The second-order valence-electron chi connectivity index (χ2n) is 4.51. The summed E-state index contributed by atoms with van der Waals surface area (Å²) in [5.41, 5.74) is 3.79. The number of aromatic hydroxyl groups is 1. The highest BCUT2D eigenvalue weighted by molar-refractivity contribution is 9.12. The van der Waals surface area contributed by atoms with Gasteiger partial charge in [-0.05, 0) is 53.9 Å². The quantitative estimate of drug-likeness (QED) is 0.591. The van der Waals surface area contributed by atoms with Crippen molar-refractivity contribution in [3.63, 3.8) is 0 Å². The van der Waals surface area contributed by atoms with Gasteiger partial charge >= 0.3 is 0 Å². The zero-order valence-electron chi connectivity index (χ0n) is 11.4. The summed E-state index contributed by atoms with van der Waals surface area (Å²) in [4.78, 5) is 0. The Labute approximate surface area is 122 Å². The molecule has 0 saturated heterocycles. The fraction of sp³-hybridized carbons (Fsp3) is 0.188. The van der Waals surface area contributed by atoms with Crippen LogP contribution in [0.3, 0.4) is 0 Å². The van der Waals surface area contributed by atoms with Crippen LogP contribution in [0.4, 0.5) is 0 Å².